The number of rotatable bonds is 8. The minimum absolute atomic E-state index is 0.00852. The fourth-order valence-electron chi connectivity index (χ4n) is 3.70. The van der Waals surface area contributed by atoms with Gasteiger partial charge in [0.1, 0.15) is 5.69 Å². The molecule has 0 unspecified atom stereocenters. The van der Waals surface area contributed by atoms with E-state index in [0.29, 0.717) is 24.4 Å². The van der Waals surface area contributed by atoms with Crippen LogP contribution in [-0.2, 0) is 20.8 Å². The highest BCUT2D eigenvalue weighted by Crippen LogP contribution is 2.25. The van der Waals surface area contributed by atoms with Crippen molar-refractivity contribution in [2.45, 2.75) is 44.6 Å². The third kappa shape index (κ3) is 7.45. The standard InChI is InChI=1S/C21H28N4O4.CH2O2/c1-29-21-18(24-16-4-2-3-5-17(16)25-21)10-11-19(27)23-15-8-6-14(7-9-15)20(28)22-12-13-26;2-1-3/h2-5,14-15,26H,6-13H2,1H3,(H,22,28)(H,23,27);1H,(H,2,3). The van der Waals surface area contributed by atoms with Gasteiger partial charge >= 0.3 is 0 Å². The zero-order valence-electron chi connectivity index (χ0n) is 18.1. The average Bonchev–Trinajstić information content (AvgIpc) is 2.81. The molecule has 1 aromatic heterocycles. The summed E-state index contributed by atoms with van der Waals surface area (Å²) in [5, 5.41) is 21.5. The lowest BCUT2D eigenvalue weighted by molar-refractivity contribution is -0.126. The minimum atomic E-state index is -0.250. The van der Waals surface area contributed by atoms with Crippen LogP contribution in [0, 0.1) is 5.92 Å². The van der Waals surface area contributed by atoms with E-state index in [4.69, 9.17) is 19.7 Å². The quantitative estimate of drug-likeness (QED) is 0.440. The number of hydrogen-bond acceptors (Lipinski definition) is 7. The number of nitrogens with one attached hydrogen (secondary N) is 2. The van der Waals surface area contributed by atoms with Crippen molar-refractivity contribution >= 4 is 29.3 Å². The fraction of sp³-hybridized carbons (Fsp3) is 0.500. The van der Waals surface area contributed by atoms with Crippen LogP contribution in [0.2, 0.25) is 0 Å². The minimum Gasteiger partial charge on any atom is -0.483 e. The van der Waals surface area contributed by atoms with Crippen molar-refractivity contribution in [3.63, 3.8) is 0 Å². The predicted octanol–water partition coefficient (Wildman–Crippen LogP) is 1.06. The van der Waals surface area contributed by atoms with Gasteiger partial charge in [-0.15, -0.1) is 0 Å². The molecule has 1 aromatic carbocycles. The number of methoxy groups -OCH3 is 1. The average molecular weight is 447 g/mol. The number of aliphatic hydroxyl groups excluding tert-OH is 1. The van der Waals surface area contributed by atoms with Crippen molar-refractivity contribution in [1.29, 1.82) is 0 Å². The third-order valence-corrected chi connectivity index (χ3v) is 5.26. The van der Waals surface area contributed by atoms with Crippen LogP contribution < -0.4 is 15.4 Å². The Balaban J connectivity index is 0.00000114. The zero-order chi connectivity index (χ0) is 23.3. The second kappa shape index (κ2) is 13.2. The van der Waals surface area contributed by atoms with Crippen molar-refractivity contribution in [2.24, 2.45) is 5.92 Å². The molecule has 2 amide bonds. The number of ether oxygens (including phenoxy) is 1. The summed E-state index contributed by atoms with van der Waals surface area (Å²) < 4.78 is 5.34. The molecule has 0 saturated heterocycles. The van der Waals surface area contributed by atoms with E-state index in [2.05, 4.69) is 20.6 Å². The van der Waals surface area contributed by atoms with Gasteiger partial charge in [0.25, 0.3) is 6.47 Å². The van der Waals surface area contributed by atoms with Crippen molar-refractivity contribution in [3.8, 4) is 5.88 Å². The molecule has 0 spiro atoms. The lowest BCUT2D eigenvalue weighted by Gasteiger charge is -2.28. The number of benzene rings is 1. The molecular weight excluding hydrogens is 416 g/mol. The number of hydrogen-bond donors (Lipinski definition) is 4. The Morgan fingerprint density at radius 3 is 2.38 bits per heavy atom. The summed E-state index contributed by atoms with van der Waals surface area (Å²) in [7, 11) is 1.55. The number of aliphatic hydroxyl groups is 1. The first kappa shape index (κ1) is 25.0. The van der Waals surface area contributed by atoms with Gasteiger partial charge in [-0.2, -0.15) is 0 Å². The highest BCUT2D eigenvalue weighted by molar-refractivity contribution is 5.79. The zero-order valence-corrected chi connectivity index (χ0v) is 18.1. The maximum Gasteiger partial charge on any atom is 0.290 e. The second-order valence-corrected chi connectivity index (χ2v) is 7.40. The van der Waals surface area contributed by atoms with Crippen molar-refractivity contribution < 1.29 is 29.3 Å². The first-order valence-electron chi connectivity index (χ1n) is 10.6. The van der Waals surface area contributed by atoms with Crippen LogP contribution >= 0.6 is 0 Å². The Bertz CT molecular complexity index is 899. The van der Waals surface area contributed by atoms with Gasteiger partial charge in [-0.25, -0.2) is 9.97 Å². The molecule has 0 radical (unpaired) electrons. The molecule has 0 bridgehead atoms. The molecule has 10 heteroatoms. The van der Waals surface area contributed by atoms with Crippen molar-refractivity contribution in [1.82, 2.24) is 20.6 Å². The molecule has 3 rings (SSSR count). The first-order valence-corrected chi connectivity index (χ1v) is 10.6. The van der Waals surface area contributed by atoms with Crippen molar-refractivity contribution in [2.75, 3.05) is 20.3 Å². The number of aromatic nitrogens is 2. The molecule has 32 heavy (non-hydrogen) atoms. The summed E-state index contributed by atoms with van der Waals surface area (Å²) >= 11 is 0. The normalized spacial score (nSPS) is 17.6. The summed E-state index contributed by atoms with van der Waals surface area (Å²) in [6, 6.07) is 7.66. The molecule has 1 fully saturated rings. The van der Waals surface area contributed by atoms with Crippen molar-refractivity contribution in [3.05, 3.63) is 30.0 Å². The summed E-state index contributed by atoms with van der Waals surface area (Å²) in [6.45, 7) is -0.0138. The topological polar surface area (TPSA) is 151 Å². The highest BCUT2D eigenvalue weighted by Gasteiger charge is 2.26. The fourth-order valence-corrected chi connectivity index (χ4v) is 3.70. The number of fused-ring (bicyclic) bond motifs is 1. The Morgan fingerprint density at radius 2 is 1.78 bits per heavy atom. The monoisotopic (exact) mass is 446 g/mol. The molecule has 1 saturated carbocycles. The summed E-state index contributed by atoms with van der Waals surface area (Å²) in [5.74, 6) is 0.374. The van der Waals surface area contributed by atoms with E-state index in [1.807, 2.05) is 24.3 Å². The Hall–Kier alpha value is -3.27. The van der Waals surface area contributed by atoms with Gasteiger partial charge in [0, 0.05) is 31.3 Å². The van der Waals surface area contributed by atoms with Gasteiger partial charge < -0.3 is 25.6 Å². The summed E-state index contributed by atoms with van der Waals surface area (Å²) in [6.07, 6.45) is 3.80. The van der Waals surface area contributed by atoms with Crippen LogP contribution in [0.25, 0.3) is 11.0 Å². The Kier molecular flexibility index (Phi) is 10.3. The van der Waals surface area contributed by atoms with Crippen LogP contribution in [0.1, 0.15) is 37.8 Å². The summed E-state index contributed by atoms with van der Waals surface area (Å²) in [5.41, 5.74) is 2.21. The van der Waals surface area contributed by atoms with E-state index in [-0.39, 0.29) is 43.4 Å². The second-order valence-electron chi connectivity index (χ2n) is 7.40. The van der Waals surface area contributed by atoms with Crippen LogP contribution in [-0.4, -0.2) is 64.8 Å². The van der Waals surface area contributed by atoms with Crippen LogP contribution in [0.5, 0.6) is 5.88 Å². The van der Waals surface area contributed by atoms with E-state index in [9.17, 15) is 9.59 Å². The first-order chi connectivity index (χ1) is 15.5. The van der Waals surface area contributed by atoms with E-state index in [1.165, 1.54) is 0 Å². The van der Waals surface area contributed by atoms with Crippen LogP contribution in [0.3, 0.4) is 0 Å². The molecular formula is C22H30N4O6. The number of amides is 2. The lowest BCUT2D eigenvalue weighted by atomic mass is 9.85. The SMILES string of the molecule is COc1nc2ccccc2nc1CCC(=O)NC1CCC(C(=O)NCCO)CC1.O=CO. The van der Waals surface area contributed by atoms with Gasteiger partial charge in [0.2, 0.25) is 17.7 Å². The smallest absolute Gasteiger partial charge is 0.290 e. The molecule has 4 N–H and O–H groups in total. The molecule has 1 aliphatic carbocycles. The molecule has 1 aliphatic rings. The molecule has 2 aromatic rings. The number of aryl methyl sites for hydroxylation is 1. The van der Waals surface area contributed by atoms with Gasteiger partial charge in [0.05, 0.1) is 24.8 Å². The molecule has 0 atom stereocenters. The maximum absolute atomic E-state index is 12.4. The molecule has 1 heterocycles. The number of carbonyl (C=O) groups excluding carboxylic acids is 2. The Morgan fingerprint density at radius 1 is 1.16 bits per heavy atom. The maximum atomic E-state index is 12.4. The molecule has 10 nitrogen and oxygen atoms in total. The number of carboxylic acid groups (broad SMARTS) is 1. The van der Waals surface area contributed by atoms with Crippen LogP contribution in [0.4, 0.5) is 0 Å². The Labute approximate surface area is 186 Å². The molecule has 174 valence electrons. The van der Waals surface area contributed by atoms with E-state index in [0.717, 1.165) is 36.7 Å². The van der Waals surface area contributed by atoms with E-state index in [1.54, 1.807) is 7.11 Å². The van der Waals surface area contributed by atoms with Gasteiger partial charge in [-0.3, -0.25) is 14.4 Å². The number of nitrogens with zero attached hydrogens (tertiary/aromatic N) is 2. The molecule has 0 aliphatic heterocycles. The van der Waals surface area contributed by atoms with E-state index >= 15 is 0 Å². The van der Waals surface area contributed by atoms with Gasteiger partial charge in [-0.1, -0.05) is 12.1 Å². The largest absolute Gasteiger partial charge is 0.483 e. The van der Waals surface area contributed by atoms with Gasteiger partial charge in [-0.05, 0) is 37.8 Å². The van der Waals surface area contributed by atoms with Crippen LogP contribution in [0.15, 0.2) is 24.3 Å². The lowest BCUT2D eigenvalue weighted by Crippen LogP contribution is -2.41. The predicted molar refractivity (Wildman–Crippen MR) is 117 cm³/mol. The highest BCUT2D eigenvalue weighted by atomic mass is 16.5. The number of para-hydroxylation sites is 2. The van der Waals surface area contributed by atoms with E-state index < -0.39 is 0 Å². The third-order valence-electron chi connectivity index (χ3n) is 5.26. The summed E-state index contributed by atoms with van der Waals surface area (Å²) in [4.78, 5) is 41.8. The number of carbonyl (C=O) groups is 3. The van der Waals surface area contributed by atoms with Gasteiger partial charge in [0.15, 0.2) is 0 Å².